The highest BCUT2D eigenvalue weighted by Gasteiger charge is 2.29. The Hall–Kier alpha value is -5.70. The second kappa shape index (κ2) is 14.2. The second-order valence-electron chi connectivity index (χ2n) is 18.5. The van der Waals surface area contributed by atoms with Gasteiger partial charge in [0, 0.05) is 31.3 Å². The first-order valence-electron chi connectivity index (χ1n) is 20.6. The fourth-order valence-corrected chi connectivity index (χ4v) is 10.7. The number of aromatic nitrogens is 3. The van der Waals surface area contributed by atoms with Crippen molar-refractivity contribution in [2.75, 3.05) is 0 Å². The number of aromatic hydroxyl groups is 1. The number of furan rings is 1. The minimum Gasteiger partial charge on any atom is -0.507 e. The summed E-state index contributed by atoms with van der Waals surface area (Å²) in [7, 11) is -1.71. The van der Waals surface area contributed by atoms with Gasteiger partial charge in [0.2, 0.25) is 11.8 Å². The Bertz CT molecular complexity index is 2930. The molecule has 0 saturated heterocycles. The molecule has 0 fully saturated rings. The van der Waals surface area contributed by atoms with Crippen LogP contribution in [0.2, 0.25) is 19.6 Å². The molecule has 4 aromatic heterocycles. The molecule has 9 rings (SSSR count). The first-order chi connectivity index (χ1) is 28.1. The van der Waals surface area contributed by atoms with Crippen molar-refractivity contribution in [1.29, 1.82) is 0 Å². The van der Waals surface area contributed by atoms with Crippen LogP contribution in [0.1, 0.15) is 77.0 Å². The first-order valence-corrected chi connectivity index (χ1v) is 24.9. The number of pyridine rings is 1. The molecular formula is C51H51N3O3SSi. The van der Waals surface area contributed by atoms with Crippen LogP contribution in [0.5, 0.6) is 17.5 Å². The maximum atomic E-state index is 11.8. The lowest BCUT2D eigenvalue weighted by Crippen LogP contribution is -2.37. The van der Waals surface area contributed by atoms with Gasteiger partial charge in [-0.2, -0.15) is 4.98 Å². The van der Waals surface area contributed by atoms with Crippen LogP contribution in [0, 0.1) is 0 Å². The van der Waals surface area contributed by atoms with Crippen LogP contribution in [0.15, 0.2) is 114 Å². The third-order valence-electron chi connectivity index (χ3n) is 11.5. The van der Waals surface area contributed by atoms with Crippen molar-refractivity contribution >= 4 is 55.9 Å². The van der Waals surface area contributed by atoms with Crippen LogP contribution in [0.3, 0.4) is 0 Å². The summed E-state index contributed by atoms with van der Waals surface area (Å²) < 4.78 is 18.0. The van der Waals surface area contributed by atoms with E-state index >= 15 is 0 Å². The molecule has 0 aliphatic rings. The van der Waals surface area contributed by atoms with Gasteiger partial charge in [-0.1, -0.05) is 134 Å². The van der Waals surface area contributed by atoms with E-state index < -0.39 is 8.07 Å². The van der Waals surface area contributed by atoms with Gasteiger partial charge in [-0.3, -0.25) is 4.57 Å². The minimum absolute atomic E-state index is 0.204. The molecule has 0 radical (unpaired) electrons. The van der Waals surface area contributed by atoms with Gasteiger partial charge in [-0.25, -0.2) is 4.98 Å². The van der Waals surface area contributed by atoms with Gasteiger partial charge in [0.05, 0.1) is 31.2 Å². The zero-order valence-corrected chi connectivity index (χ0v) is 37.4. The number of imidazole rings is 1. The van der Waals surface area contributed by atoms with Crippen molar-refractivity contribution in [2.45, 2.75) is 85.4 Å². The molecule has 0 atom stereocenters. The van der Waals surface area contributed by atoms with Crippen LogP contribution in [-0.2, 0) is 5.41 Å². The van der Waals surface area contributed by atoms with E-state index in [1.807, 2.05) is 30.5 Å². The second-order valence-corrected chi connectivity index (χ2v) is 24.6. The summed E-state index contributed by atoms with van der Waals surface area (Å²) >= 11 is 1.78. The molecule has 0 bridgehead atoms. The number of thiophene rings is 1. The molecule has 4 heterocycles. The fraction of sp³-hybridized carbons (Fsp3) is 0.255. The molecule has 0 amide bonds. The molecule has 0 unspecified atom stereocenters. The molecule has 59 heavy (non-hydrogen) atoms. The Labute approximate surface area is 351 Å². The van der Waals surface area contributed by atoms with E-state index in [4.69, 9.17) is 19.1 Å². The summed E-state index contributed by atoms with van der Waals surface area (Å²) in [5, 5.41) is 15.3. The highest BCUT2D eigenvalue weighted by Crippen LogP contribution is 2.47. The molecule has 0 aliphatic carbocycles. The fourth-order valence-electron chi connectivity index (χ4n) is 8.37. The Morgan fingerprint density at radius 3 is 2.08 bits per heavy atom. The molecule has 0 saturated carbocycles. The number of para-hydroxylation sites is 1. The van der Waals surface area contributed by atoms with E-state index in [2.05, 4.69) is 152 Å². The number of nitrogens with zero attached hydrogens (tertiary/aromatic N) is 3. The minimum atomic E-state index is -1.71. The van der Waals surface area contributed by atoms with Crippen molar-refractivity contribution in [3.63, 3.8) is 0 Å². The van der Waals surface area contributed by atoms with Crippen LogP contribution >= 0.6 is 11.3 Å². The largest absolute Gasteiger partial charge is 0.507 e. The van der Waals surface area contributed by atoms with Crippen molar-refractivity contribution in [3.8, 4) is 57.0 Å². The molecule has 6 nitrogen and oxygen atoms in total. The van der Waals surface area contributed by atoms with Gasteiger partial charge >= 0.3 is 0 Å². The molecule has 298 valence electrons. The van der Waals surface area contributed by atoms with Gasteiger partial charge in [0.1, 0.15) is 16.9 Å². The molecule has 8 heteroatoms. The van der Waals surface area contributed by atoms with Crippen molar-refractivity contribution in [2.24, 2.45) is 0 Å². The lowest BCUT2D eigenvalue weighted by molar-refractivity contribution is 0.446. The maximum absolute atomic E-state index is 11.8. The lowest BCUT2D eigenvalue weighted by atomic mass is 9.81. The SMILES string of the molecule is CC(C)c1cccc(C(C)C)c1-n1cc(Oc2nc(-c3cc4oc5cccc6sc(c3)c4c56)cc(C(C)(C)C)c2-c2ccccc2)nc1-c1ccc([Si](C)(C)C)cc1O. The van der Waals surface area contributed by atoms with Gasteiger partial charge in [-0.05, 0) is 82.0 Å². The third-order valence-corrected chi connectivity index (χ3v) is 14.6. The normalized spacial score (nSPS) is 12.6. The summed E-state index contributed by atoms with van der Waals surface area (Å²) in [6.45, 7) is 22.5. The van der Waals surface area contributed by atoms with Gasteiger partial charge < -0.3 is 14.3 Å². The van der Waals surface area contributed by atoms with Gasteiger partial charge in [0.15, 0.2) is 5.82 Å². The highest BCUT2D eigenvalue weighted by molar-refractivity contribution is 7.26. The summed E-state index contributed by atoms with van der Waals surface area (Å²) in [5.41, 5.74) is 10.3. The van der Waals surface area contributed by atoms with Crippen LogP contribution in [0.4, 0.5) is 0 Å². The van der Waals surface area contributed by atoms with E-state index in [9.17, 15) is 5.11 Å². The van der Waals surface area contributed by atoms with Gasteiger partial charge in [-0.15, -0.1) is 11.3 Å². The molecule has 9 aromatic rings. The Kier molecular flexibility index (Phi) is 9.36. The Balaban J connectivity index is 1.29. The maximum Gasteiger partial charge on any atom is 0.240 e. The molecule has 1 N–H and O–H groups in total. The van der Waals surface area contributed by atoms with Crippen molar-refractivity contribution < 1.29 is 14.3 Å². The summed E-state index contributed by atoms with van der Waals surface area (Å²) in [4.78, 5) is 10.6. The number of benzene rings is 5. The Morgan fingerprint density at radius 1 is 0.729 bits per heavy atom. The number of ether oxygens (including phenoxy) is 1. The van der Waals surface area contributed by atoms with Crippen molar-refractivity contribution in [1.82, 2.24) is 14.5 Å². The van der Waals surface area contributed by atoms with Crippen LogP contribution in [0.25, 0.3) is 70.8 Å². The van der Waals surface area contributed by atoms with Crippen molar-refractivity contribution in [3.05, 3.63) is 126 Å². The van der Waals surface area contributed by atoms with E-state index in [1.54, 1.807) is 11.3 Å². The smallest absolute Gasteiger partial charge is 0.240 e. The molecule has 5 aromatic carbocycles. The number of hydrogen-bond acceptors (Lipinski definition) is 6. The third kappa shape index (κ3) is 6.82. The number of rotatable bonds is 9. The zero-order chi connectivity index (χ0) is 41.5. The molecule has 0 aliphatic heterocycles. The van der Waals surface area contributed by atoms with Gasteiger partial charge in [0.25, 0.3) is 0 Å². The quantitative estimate of drug-likeness (QED) is 0.147. The summed E-state index contributed by atoms with van der Waals surface area (Å²) in [6.07, 6.45) is 1.98. The molecular weight excluding hydrogens is 763 g/mol. The monoisotopic (exact) mass is 813 g/mol. The summed E-state index contributed by atoms with van der Waals surface area (Å²) in [5.74, 6) is 2.13. The average molecular weight is 814 g/mol. The number of phenolic OH excluding ortho intramolecular Hbond substituents is 1. The predicted molar refractivity (Wildman–Crippen MR) is 250 cm³/mol. The standard InChI is InChI=1S/C51H51N3O3SSi/c1-29(2)34-18-14-19-35(30(3)4)48(34)54-28-44(53-49(54)36-23-22-33(26-39(36)55)59(8,9)10)57-50-45(31-16-12-11-13-17-31)37(51(5,6)7)27-38(52-50)32-24-41-47-43(25-32)58-42-21-15-20-40(56-41)46(42)47/h11-30,55H,1-10H3. The topological polar surface area (TPSA) is 73.3 Å². The van der Waals surface area contributed by atoms with Crippen LogP contribution in [-0.4, -0.2) is 27.7 Å². The number of hydrogen-bond donors (Lipinski definition) is 1. The summed E-state index contributed by atoms with van der Waals surface area (Å²) in [6, 6.07) is 35.8. The Morgan fingerprint density at radius 2 is 1.42 bits per heavy atom. The predicted octanol–water partition coefficient (Wildman–Crippen LogP) is 14.4. The van der Waals surface area contributed by atoms with E-state index in [0.29, 0.717) is 23.1 Å². The number of phenols is 1. The average Bonchev–Trinajstić information content (AvgIpc) is 3.90. The highest BCUT2D eigenvalue weighted by atomic mass is 32.1. The van der Waals surface area contributed by atoms with E-state index in [-0.39, 0.29) is 23.0 Å². The lowest BCUT2D eigenvalue weighted by Gasteiger charge is -2.25. The van der Waals surface area contributed by atoms with E-state index in [0.717, 1.165) is 44.8 Å². The zero-order valence-electron chi connectivity index (χ0n) is 35.6. The first kappa shape index (κ1) is 38.8. The van der Waals surface area contributed by atoms with Crippen LogP contribution < -0.4 is 9.92 Å². The molecule has 0 spiro atoms. The van der Waals surface area contributed by atoms with E-state index in [1.165, 1.54) is 36.5 Å².